The summed E-state index contributed by atoms with van der Waals surface area (Å²) in [5, 5.41) is 45.9. The van der Waals surface area contributed by atoms with Crippen LogP contribution in [0.1, 0.15) is 35.1 Å². The average Bonchev–Trinajstić information content (AvgIpc) is 2.97. The van der Waals surface area contributed by atoms with Crippen molar-refractivity contribution in [2.45, 2.75) is 42.7 Å². The maximum atomic E-state index is 14.1. The van der Waals surface area contributed by atoms with Gasteiger partial charge in [-0.15, -0.1) is 0 Å². The molecule has 3 aliphatic carbocycles. The van der Waals surface area contributed by atoms with Crippen LogP contribution in [0.15, 0.2) is 52.1 Å². The van der Waals surface area contributed by atoms with Gasteiger partial charge in [0.2, 0.25) is 5.78 Å². The van der Waals surface area contributed by atoms with Gasteiger partial charge in [0.05, 0.1) is 27.8 Å². The summed E-state index contributed by atoms with van der Waals surface area (Å²) in [5.41, 5.74) is 3.44. The molecular formula is C34H37N3O9S. The van der Waals surface area contributed by atoms with Crippen LogP contribution in [0.4, 0.5) is 5.69 Å². The number of fused-ring (bicyclic) bond motifs is 3. The van der Waals surface area contributed by atoms with Crippen LogP contribution in [0.25, 0.3) is 5.76 Å². The third-order valence-electron chi connectivity index (χ3n) is 9.28. The Morgan fingerprint density at radius 1 is 1.09 bits per heavy atom. The summed E-state index contributed by atoms with van der Waals surface area (Å²) in [6, 6.07) is 6.90. The second-order valence-corrected chi connectivity index (χ2v) is 14.8. The summed E-state index contributed by atoms with van der Waals surface area (Å²) in [4.78, 5) is 43.0. The number of benzene rings is 2. The van der Waals surface area contributed by atoms with E-state index in [1.54, 1.807) is 37.2 Å². The number of aryl methyl sites for hydroxylation is 1. The highest BCUT2D eigenvalue weighted by atomic mass is 32.2. The van der Waals surface area contributed by atoms with E-state index in [9.17, 15) is 43.2 Å². The summed E-state index contributed by atoms with van der Waals surface area (Å²) >= 11 is 0. The minimum absolute atomic E-state index is 0.0313. The van der Waals surface area contributed by atoms with Gasteiger partial charge >= 0.3 is 0 Å². The number of likely N-dealkylation sites (N-methyl/N-ethyl adjacent to an activating group) is 1. The number of hydrogen-bond acceptors (Lipinski definition) is 11. The largest absolute Gasteiger partial charge is 0.508 e. The number of nitrogens with zero attached hydrogens (tertiary/aromatic N) is 2. The van der Waals surface area contributed by atoms with Crippen LogP contribution in [-0.4, -0.2) is 96.8 Å². The van der Waals surface area contributed by atoms with Crippen LogP contribution >= 0.6 is 0 Å². The number of nitrogens with two attached hydrogens (primary N) is 1. The summed E-state index contributed by atoms with van der Waals surface area (Å²) in [5.74, 6) is -2.07. The summed E-state index contributed by atoms with van der Waals surface area (Å²) in [6.07, 6.45) is 0.0418. The Morgan fingerprint density at radius 2 is 1.72 bits per heavy atom. The number of phenols is 1. The van der Waals surface area contributed by atoms with E-state index in [1.807, 2.05) is 6.92 Å². The molecule has 0 unspecified atom stereocenters. The zero-order chi connectivity index (χ0) is 34.7. The summed E-state index contributed by atoms with van der Waals surface area (Å²) in [6.45, 7) is 1.85. The Bertz CT molecular complexity index is 1950. The molecule has 47 heavy (non-hydrogen) atoms. The smallest absolute Gasteiger partial charge is 0.255 e. The molecule has 0 saturated heterocycles. The van der Waals surface area contributed by atoms with Crippen molar-refractivity contribution in [2.24, 2.45) is 17.6 Å². The molecule has 2 aromatic rings. The average molecular weight is 664 g/mol. The van der Waals surface area contributed by atoms with Crippen molar-refractivity contribution >= 4 is 38.8 Å². The number of aliphatic hydroxyl groups excluding tert-OH is 2. The number of aromatic hydroxyl groups is 1. The first-order valence-corrected chi connectivity index (χ1v) is 16.6. The van der Waals surface area contributed by atoms with Crippen LogP contribution in [0.3, 0.4) is 0 Å². The predicted octanol–water partition coefficient (Wildman–Crippen LogP) is 1.55. The normalized spacial score (nSPS) is 23.9. The molecule has 1 fully saturated rings. The monoisotopic (exact) mass is 663 g/mol. The molecule has 2 aromatic carbocycles. The lowest BCUT2D eigenvalue weighted by atomic mass is 9.57. The Hall–Kier alpha value is -4.64. The highest BCUT2D eigenvalue weighted by Crippen LogP contribution is 2.54. The number of ketones is 2. The number of primary amides is 1. The van der Waals surface area contributed by atoms with E-state index in [4.69, 9.17) is 5.73 Å². The molecule has 13 heteroatoms. The van der Waals surface area contributed by atoms with Crippen molar-refractivity contribution in [1.82, 2.24) is 4.90 Å². The quantitative estimate of drug-likeness (QED) is 0.222. The summed E-state index contributed by atoms with van der Waals surface area (Å²) in [7, 11) is 2.96. The highest BCUT2D eigenvalue weighted by Gasteiger charge is 2.64. The van der Waals surface area contributed by atoms with Gasteiger partial charge in [-0.25, -0.2) is 8.42 Å². The van der Waals surface area contributed by atoms with Gasteiger partial charge in [0.25, 0.3) is 5.91 Å². The molecule has 4 atom stereocenters. The van der Waals surface area contributed by atoms with E-state index in [0.717, 1.165) is 5.56 Å². The van der Waals surface area contributed by atoms with Gasteiger partial charge < -0.3 is 31.1 Å². The number of hydrogen-bond donors (Lipinski definition) is 5. The van der Waals surface area contributed by atoms with Gasteiger partial charge in [0.1, 0.15) is 22.8 Å². The number of carbonyl (C=O) groups is 3. The van der Waals surface area contributed by atoms with E-state index in [2.05, 4.69) is 11.8 Å². The van der Waals surface area contributed by atoms with Crippen LogP contribution in [0.5, 0.6) is 5.75 Å². The maximum Gasteiger partial charge on any atom is 0.255 e. The number of Topliss-reactive ketones (excluding diaryl/α,β-unsaturated/α-hetero) is 2. The maximum absolute atomic E-state index is 14.1. The number of anilines is 1. The zero-order valence-electron chi connectivity index (χ0n) is 26.7. The van der Waals surface area contributed by atoms with Gasteiger partial charge in [-0.3, -0.25) is 19.3 Å². The molecule has 1 saturated carbocycles. The minimum Gasteiger partial charge on any atom is -0.508 e. The number of rotatable bonds is 6. The van der Waals surface area contributed by atoms with E-state index >= 15 is 0 Å². The molecule has 0 radical (unpaired) electrons. The number of aliphatic hydroxyl groups is 3. The molecule has 0 aromatic heterocycles. The third kappa shape index (κ3) is 5.36. The van der Waals surface area contributed by atoms with Crippen LogP contribution in [0, 0.1) is 30.6 Å². The number of amides is 1. The minimum atomic E-state index is -3.61. The van der Waals surface area contributed by atoms with Crippen LogP contribution < -0.4 is 10.6 Å². The topological polar surface area (TPSA) is 199 Å². The molecule has 1 amide bonds. The van der Waals surface area contributed by atoms with Crippen molar-refractivity contribution in [3.63, 3.8) is 0 Å². The molecule has 5 rings (SSSR count). The van der Waals surface area contributed by atoms with Gasteiger partial charge in [0, 0.05) is 37.7 Å². The lowest BCUT2D eigenvalue weighted by molar-refractivity contribution is -0.153. The van der Waals surface area contributed by atoms with Crippen molar-refractivity contribution in [3.8, 4) is 17.6 Å². The lowest BCUT2D eigenvalue weighted by Gasteiger charge is -2.50. The number of phenolic OH excluding ortho intramolecular Hbond substituents is 1. The molecule has 0 aliphatic heterocycles. The van der Waals surface area contributed by atoms with Crippen LogP contribution in [0.2, 0.25) is 0 Å². The van der Waals surface area contributed by atoms with Gasteiger partial charge in [0.15, 0.2) is 21.2 Å². The van der Waals surface area contributed by atoms with Crippen molar-refractivity contribution in [1.29, 1.82) is 0 Å². The van der Waals surface area contributed by atoms with Crippen LogP contribution in [-0.2, 0) is 30.6 Å². The van der Waals surface area contributed by atoms with E-state index in [1.165, 1.54) is 31.1 Å². The van der Waals surface area contributed by atoms with Crippen molar-refractivity contribution in [2.75, 3.05) is 38.8 Å². The third-order valence-corrected chi connectivity index (χ3v) is 11.0. The number of sulfone groups is 1. The molecular weight excluding hydrogens is 626 g/mol. The molecule has 6 N–H and O–H groups in total. The SMILES string of the molecule is Cc1ccc(S(=O)(=O)CCC#Cc2cc(N(C)C)c3c(c2O)C(O)=C2C(=O)[C@]4(O)C(O)=C(C(N)=O)C(=O)[C@@H](N(C)C)[C@@H]4C[C@@H]2C3)cc1. The molecule has 3 aliphatic rings. The number of carbonyl (C=O) groups excluding carboxylic acids is 3. The first kappa shape index (κ1) is 33.7. The fourth-order valence-corrected chi connectivity index (χ4v) is 8.15. The Labute approximate surface area is 272 Å². The second-order valence-electron chi connectivity index (χ2n) is 12.7. The molecule has 12 nitrogen and oxygen atoms in total. The molecule has 0 spiro atoms. The molecule has 0 heterocycles. The first-order valence-electron chi connectivity index (χ1n) is 14.9. The fourth-order valence-electron chi connectivity index (χ4n) is 6.99. The fraction of sp³-hybridized carbons (Fsp3) is 0.382. The molecule has 248 valence electrons. The Kier molecular flexibility index (Phi) is 8.51. The predicted molar refractivity (Wildman–Crippen MR) is 173 cm³/mol. The van der Waals surface area contributed by atoms with Gasteiger partial charge in [-0.2, -0.15) is 0 Å². The highest BCUT2D eigenvalue weighted by molar-refractivity contribution is 7.91. The first-order chi connectivity index (χ1) is 21.9. The van der Waals surface area contributed by atoms with Gasteiger partial charge in [-0.1, -0.05) is 29.5 Å². The van der Waals surface area contributed by atoms with Gasteiger partial charge in [-0.05, 0) is 63.5 Å². The van der Waals surface area contributed by atoms with E-state index < -0.39 is 73.6 Å². The molecule has 0 bridgehead atoms. The van der Waals surface area contributed by atoms with E-state index in [0.29, 0.717) is 11.3 Å². The van der Waals surface area contributed by atoms with Crippen molar-refractivity contribution < 1.29 is 43.2 Å². The zero-order valence-corrected chi connectivity index (χ0v) is 27.5. The Morgan fingerprint density at radius 3 is 2.30 bits per heavy atom. The summed E-state index contributed by atoms with van der Waals surface area (Å²) < 4.78 is 25.5. The standard InChI is InChI=1S/C34H37N3O9S/c1-17-9-11-20(12-10-17)47(45,46)13-7-6-8-18-16-23(36(2)3)21-14-19-15-22-27(37(4)5)30(40)26(33(35)43)32(42)34(22,44)31(41)24(19)29(39)25(21)28(18)38/h9-12,16,19,22,27,38-39,42,44H,7,13-15H2,1-5H3,(H2,35,43)/t19-,22-,27-,34-/m0/s1. The Balaban J connectivity index is 1.59. The second kappa shape index (κ2) is 11.9. The van der Waals surface area contributed by atoms with E-state index in [-0.39, 0.29) is 46.6 Å². The van der Waals surface area contributed by atoms with Crippen molar-refractivity contribution in [3.05, 3.63) is 69.5 Å². The lowest BCUT2D eigenvalue weighted by Crippen LogP contribution is -2.65.